The molecular formula is C12H16BrN3OS. The summed E-state index contributed by atoms with van der Waals surface area (Å²) < 4.78 is 8.25. The Balaban J connectivity index is 1.84. The summed E-state index contributed by atoms with van der Waals surface area (Å²) in [5, 5.41) is 5.37. The second kappa shape index (κ2) is 7.04. The third-order valence-electron chi connectivity index (χ3n) is 2.49. The van der Waals surface area contributed by atoms with E-state index in [1.165, 1.54) is 9.35 Å². The standard InChI is InChI=1S/C12H16BrN3OS/c1-17-4-3-14-6-10-7-16(9-15-10)8-12-11(13)2-5-18-12/h2,5,7,9,14H,3-4,6,8H2,1H3. The summed E-state index contributed by atoms with van der Waals surface area (Å²) in [6, 6.07) is 2.07. The topological polar surface area (TPSA) is 39.1 Å². The molecule has 0 aliphatic carbocycles. The van der Waals surface area contributed by atoms with Crippen LogP contribution in [0.2, 0.25) is 0 Å². The smallest absolute Gasteiger partial charge is 0.0953 e. The molecule has 2 rings (SSSR count). The Morgan fingerprint density at radius 3 is 3.17 bits per heavy atom. The Morgan fingerprint density at radius 1 is 1.56 bits per heavy atom. The van der Waals surface area contributed by atoms with Gasteiger partial charge in [-0.05, 0) is 27.4 Å². The summed E-state index contributed by atoms with van der Waals surface area (Å²) in [5.74, 6) is 0. The van der Waals surface area contributed by atoms with Crippen LogP contribution in [0.3, 0.4) is 0 Å². The van der Waals surface area contributed by atoms with Crippen molar-refractivity contribution in [3.05, 3.63) is 39.0 Å². The van der Waals surface area contributed by atoms with Gasteiger partial charge in [0.1, 0.15) is 0 Å². The summed E-state index contributed by atoms with van der Waals surface area (Å²) in [6.07, 6.45) is 3.95. The molecule has 18 heavy (non-hydrogen) atoms. The van der Waals surface area contributed by atoms with Crippen LogP contribution in [-0.2, 0) is 17.8 Å². The Labute approximate surface area is 119 Å². The second-order valence-electron chi connectivity index (χ2n) is 3.90. The molecule has 0 atom stereocenters. The third-order valence-corrected chi connectivity index (χ3v) is 4.40. The van der Waals surface area contributed by atoms with Crippen molar-refractivity contribution >= 4 is 27.3 Å². The van der Waals surface area contributed by atoms with E-state index in [9.17, 15) is 0 Å². The molecule has 2 aromatic heterocycles. The fraction of sp³-hybridized carbons (Fsp3) is 0.417. The minimum Gasteiger partial charge on any atom is -0.383 e. The number of nitrogens with one attached hydrogen (secondary N) is 1. The SMILES string of the molecule is COCCNCc1cn(Cc2sccc2Br)cn1. The van der Waals surface area contributed by atoms with Crippen LogP contribution in [0.5, 0.6) is 0 Å². The van der Waals surface area contributed by atoms with Crippen molar-refractivity contribution in [1.82, 2.24) is 14.9 Å². The lowest BCUT2D eigenvalue weighted by Crippen LogP contribution is -2.18. The van der Waals surface area contributed by atoms with Gasteiger partial charge in [-0.25, -0.2) is 4.98 Å². The summed E-state index contributed by atoms with van der Waals surface area (Å²) in [7, 11) is 1.70. The van der Waals surface area contributed by atoms with Gasteiger partial charge >= 0.3 is 0 Å². The van der Waals surface area contributed by atoms with Crippen molar-refractivity contribution in [3.63, 3.8) is 0 Å². The van der Waals surface area contributed by atoms with Gasteiger partial charge in [-0.3, -0.25) is 0 Å². The van der Waals surface area contributed by atoms with Crippen molar-refractivity contribution < 1.29 is 4.74 Å². The maximum absolute atomic E-state index is 4.98. The summed E-state index contributed by atoms with van der Waals surface area (Å²) in [4.78, 5) is 5.68. The molecular weight excluding hydrogens is 314 g/mol. The highest BCUT2D eigenvalue weighted by Gasteiger charge is 2.03. The Kier molecular flexibility index (Phi) is 5.37. The van der Waals surface area contributed by atoms with Crippen molar-refractivity contribution in [2.24, 2.45) is 0 Å². The largest absolute Gasteiger partial charge is 0.383 e. The number of rotatable bonds is 7. The van der Waals surface area contributed by atoms with Crippen molar-refractivity contribution in [3.8, 4) is 0 Å². The van der Waals surface area contributed by atoms with Crippen LogP contribution in [0.15, 0.2) is 28.4 Å². The van der Waals surface area contributed by atoms with Crippen LogP contribution in [0.4, 0.5) is 0 Å². The molecule has 0 fully saturated rings. The van der Waals surface area contributed by atoms with Crippen molar-refractivity contribution in [1.29, 1.82) is 0 Å². The maximum Gasteiger partial charge on any atom is 0.0953 e. The van der Waals surface area contributed by atoms with E-state index in [-0.39, 0.29) is 0 Å². The summed E-state index contributed by atoms with van der Waals surface area (Å²) in [6.45, 7) is 3.22. The van der Waals surface area contributed by atoms with Crippen LogP contribution in [-0.4, -0.2) is 29.8 Å². The third kappa shape index (κ3) is 3.91. The summed E-state index contributed by atoms with van der Waals surface area (Å²) in [5.41, 5.74) is 1.05. The van der Waals surface area contributed by atoms with E-state index in [1.807, 2.05) is 6.33 Å². The zero-order valence-corrected chi connectivity index (χ0v) is 12.6. The van der Waals surface area contributed by atoms with E-state index < -0.39 is 0 Å². The van der Waals surface area contributed by atoms with Crippen LogP contribution >= 0.6 is 27.3 Å². The highest BCUT2D eigenvalue weighted by molar-refractivity contribution is 9.10. The Bertz CT molecular complexity index is 483. The number of aromatic nitrogens is 2. The van der Waals surface area contributed by atoms with Crippen molar-refractivity contribution in [2.75, 3.05) is 20.3 Å². The van der Waals surface area contributed by atoms with E-state index in [0.29, 0.717) is 0 Å². The Morgan fingerprint density at radius 2 is 2.44 bits per heavy atom. The molecule has 0 saturated carbocycles. The molecule has 0 aliphatic rings. The lowest BCUT2D eigenvalue weighted by atomic mass is 10.4. The molecule has 1 N–H and O–H groups in total. The molecule has 0 amide bonds. The van der Waals surface area contributed by atoms with Gasteiger partial charge < -0.3 is 14.6 Å². The average molecular weight is 330 g/mol. The molecule has 0 aromatic carbocycles. The first kappa shape index (κ1) is 13.7. The van der Waals surface area contributed by atoms with E-state index in [4.69, 9.17) is 4.74 Å². The quantitative estimate of drug-likeness (QED) is 0.793. The van der Waals surface area contributed by atoms with Crippen molar-refractivity contribution in [2.45, 2.75) is 13.1 Å². The Hall–Kier alpha value is -0.690. The van der Waals surface area contributed by atoms with E-state index in [1.54, 1.807) is 18.4 Å². The predicted molar refractivity (Wildman–Crippen MR) is 76.9 cm³/mol. The van der Waals surface area contributed by atoms with Gasteiger partial charge in [0.05, 0.1) is 25.2 Å². The van der Waals surface area contributed by atoms with Gasteiger partial charge in [0.25, 0.3) is 0 Å². The van der Waals surface area contributed by atoms with E-state index in [0.717, 1.165) is 31.9 Å². The molecule has 0 saturated heterocycles. The highest BCUT2D eigenvalue weighted by Crippen LogP contribution is 2.23. The normalized spacial score (nSPS) is 11.0. The molecule has 2 heterocycles. The number of imidazole rings is 1. The van der Waals surface area contributed by atoms with Gasteiger partial charge in [-0.1, -0.05) is 0 Å². The minimum atomic E-state index is 0.725. The van der Waals surface area contributed by atoms with Gasteiger partial charge in [0.15, 0.2) is 0 Å². The second-order valence-corrected chi connectivity index (χ2v) is 5.75. The fourth-order valence-corrected chi connectivity index (χ4v) is 3.06. The molecule has 0 unspecified atom stereocenters. The first-order chi connectivity index (χ1) is 8.79. The summed E-state index contributed by atoms with van der Waals surface area (Å²) >= 11 is 5.29. The molecule has 0 spiro atoms. The fourth-order valence-electron chi connectivity index (χ4n) is 1.58. The number of hydrogen-bond acceptors (Lipinski definition) is 4. The van der Waals surface area contributed by atoms with Crippen LogP contribution in [0.1, 0.15) is 10.6 Å². The monoisotopic (exact) mass is 329 g/mol. The minimum absolute atomic E-state index is 0.725. The van der Waals surface area contributed by atoms with E-state index >= 15 is 0 Å². The molecule has 98 valence electrons. The molecule has 0 aliphatic heterocycles. The lowest BCUT2D eigenvalue weighted by Gasteiger charge is -2.01. The van der Waals surface area contributed by atoms with Gasteiger partial charge in [-0.2, -0.15) is 0 Å². The zero-order chi connectivity index (χ0) is 12.8. The number of nitrogens with zero attached hydrogens (tertiary/aromatic N) is 2. The molecule has 6 heteroatoms. The van der Waals surface area contributed by atoms with Gasteiger partial charge in [0.2, 0.25) is 0 Å². The maximum atomic E-state index is 4.98. The first-order valence-electron chi connectivity index (χ1n) is 5.72. The predicted octanol–water partition coefficient (Wildman–Crippen LogP) is 2.49. The molecule has 4 nitrogen and oxygen atoms in total. The average Bonchev–Trinajstić information content (AvgIpc) is 2.96. The van der Waals surface area contributed by atoms with Crippen LogP contribution in [0, 0.1) is 0 Å². The molecule has 2 aromatic rings. The van der Waals surface area contributed by atoms with Crippen LogP contribution in [0.25, 0.3) is 0 Å². The number of thiophene rings is 1. The lowest BCUT2D eigenvalue weighted by molar-refractivity contribution is 0.199. The molecule has 0 bridgehead atoms. The number of halogens is 1. The van der Waals surface area contributed by atoms with Crippen LogP contribution < -0.4 is 5.32 Å². The highest BCUT2D eigenvalue weighted by atomic mass is 79.9. The first-order valence-corrected chi connectivity index (χ1v) is 7.39. The van der Waals surface area contributed by atoms with Gasteiger partial charge in [-0.15, -0.1) is 11.3 Å². The number of methoxy groups -OCH3 is 1. The van der Waals surface area contributed by atoms with Gasteiger partial charge in [0, 0.05) is 35.7 Å². The zero-order valence-electron chi connectivity index (χ0n) is 10.2. The van der Waals surface area contributed by atoms with E-state index in [2.05, 4.69) is 48.4 Å². The molecule has 0 radical (unpaired) electrons. The number of ether oxygens (including phenoxy) is 1. The number of hydrogen-bond donors (Lipinski definition) is 1.